The van der Waals surface area contributed by atoms with Gasteiger partial charge < -0.3 is 14.7 Å². The third kappa shape index (κ3) is 7.22. The highest BCUT2D eigenvalue weighted by Crippen LogP contribution is 2.30. The minimum atomic E-state index is -3.99. The molecule has 5 rings (SSSR count). The maximum absolute atomic E-state index is 13.9. The lowest BCUT2D eigenvalue weighted by atomic mass is 10.0. The van der Waals surface area contributed by atoms with E-state index in [1.54, 1.807) is 72.8 Å². The van der Waals surface area contributed by atoms with Crippen LogP contribution in [0.25, 0.3) is 22.0 Å². The van der Waals surface area contributed by atoms with Gasteiger partial charge in [0.05, 0.1) is 28.0 Å². The van der Waals surface area contributed by atoms with Crippen molar-refractivity contribution in [2.75, 3.05) is 17.1 Å². The second-order valence-corrected chi connectivity index (χ2v) is 13.6. The highest BCUT2D eigenvalue weighted by Gasteiger charge is 2.23. The van der Waals surface area contributed by atoms with Gasteiger partial charge in [0.2, 0.25) is 5.88 Å². The van der Waals surface area contributed by atoms with Crippen LogP contribution in [0.5, 0.6) is 0 Å². The predicted octanol–water partition coefficient (Wildman–Crippen LogP) is 6.73. The molecule has 5 aromatic rings. The Bertz CT molecular complexity index is 2080. The number of rotatable bonds is 11. The number of fused-ring (bicyclic) bond motifs is 1. The number of hydrogen-bond acceptors (Lipinski definition) is 7. The molecule has 0 radical (unpaired) electrons. The normalized spacial score (nSPS) is 11.6. The predicted molar refractivity (Wildman–Crippen MR) is 184 cm³/mol. The fraction of sp³-hybridized carbons (Fsp3) is 0.314. The van der Waals surface area contributed by atoms with E-state index in [4.69, 9.17) is 9.51 Å². The number of hydrogen-bond donors (Lipinski definition) is 2. The molecule has 2 heterocycles. The standard InChI is InChI=1S/C35H40N6O5S/c1-7-8-13-32-37-30-19-18-27(36-35(43)40(6)22(2)3)20-29(30)34(42)41(32)21-25-14-16-26(17-15-25)28-11-9-10-12-31(28)47(44,45)39-33-23(4)24(5)38-46-33/h9-12,14-20,22,39H,7-8,13,21H2,1-6H3,(H,36,43). The van der Waals surface area contributed by atoms with Crippen molar-refractivity contribution in [2.24, 2.45) is 0 Å². The first-order chi connectivity index (χ1) is 22.4. The first-order valence-electron chi connectivity index (χ1n) is 15.6. The summed E-state index contributed by atoms with van der Waals surface area (Å²) < 4.78 is 36.2. The zero-order valence-corrected chi connectivity index (χ0v) is 28.3. The summed E-state index contributed by atoms with van der Waals surface area (Å²) >= 11 is 0. The van der Waals surface area contributed by atoms with Crippen LogP contribution in [0.2, 0.25) is 0 Å². The van der Waals surface area contributed by atoms with Crippen molar-refractivity contribution in [1.82, 2.24) is 19.6 Å². The summed E-state index contributed by atoms with van der Waals surface area (Å²) in [6, 6.07) is 19.2. The average Bonchev–Trinajstić information content (AvgIpc) is 3.37. The van der Waals surface area contributed by atoms with Gasteiger partial charge in [-0.15, -0.1) is 0 Å². The Morgan fingerprint density at radius 3 is 2.43 bits per heavy atom. The van der Waals surface area contributed by atoms with Crippen LogP contribution in [0.3, 0.4) is 0 Å². The van der Waals surface area contributed by atoms with Gasteiger partial charge in [-0.25, -0.2) is 22.9 Å². The summed E-state index contributed by atoms with van der Waals surface area (Å²) in [4.78, 5) is 33.1. The average molecular weight is 657 g/mol. The number of anilines is 2. The fourth-order valence-corrected chi connectivity index (χ4v) is 6.36. The Morgan fingerprint density at radius 1 is 1.04 bits per heavy atom. The molecule has 2 amide bonds. The topological polar surface area (TPSA) is 139 Å². The summed E-state index contributed by atoms with van der Waals surface area (Å²) in [6.07, 6.45) is 2.46. The van der Waals surface area contributed by atoms with Crippen LogP contribution in [0, 0.1) is 13.8 Å². The highest BCUT2D eigenvalue weighted by atomic mass is 32.2. The summed E-state index contributed by atoms with van der Waals surface area (Å²) in [5, 5.41) is 7.13. The molecule has 0 aliphatic carbocycles. The van der Waals surface area contributed by atoms with E-state index in [0.717, 1.165) is 18.4 Å². The van der Waals surface area contributed by atoms with E-state index in [9.17, 15) is 18.0 Å². The number of unbranched alkanes of at least 4 members (excludes halogenated alkanes) is 1. The maximum Gasteiger partial charge on any atom is 0.321 e. The molecule has 47 heavy (non-hydrogen) atoms. The van der Waals surface area contributed by atoms with Gasteiger partial charge in [0.1, 0.15) is 5.82 Å². The van der Waals surface area contributed by atoms with Gasteiger partial charge in [0.15, 0.2) is 0 Å². The SMILES string of the molecule is CCCCc1nc2ccc(NC(=O)N(C)C(C)C)cc2c(=O)n1Cc1ccc(-c2ccccc2S(=O)(=O)Nc2onc(C)c2C)cc1. The zero-order valence-electron chi connectivity index (χ0n) is 27.5. The number of carbonyl (C=O) groups excluding carboxylic acids is 1. The Balaban J connectivity index is 1.46. The van der Waals surface area contributed by atoms with Crippen LogP contribution >= 0.6 is 0 Å². The molecule has 0 fully saturated rings. The molecule has 0 unspecified atom stereocenters. The van der Waals surface area contributed by atoms with Gasteiger partial charge in [0.25, 0.3) is 15.6 Å². The maximum atomic E-state index is 13.9. The molecular formula is C35H40N6O5S. The van der Waals surface area contributed by atoms with Crippen molar-refractivity contribution in [2.45, 2.75) is 71.4 Å². The van der Waals surface area contributed by atoms with Crippen molar-refractivity contribution >= 4 is 38.5 Å². The summed E-state index contributed by atoms with van der Waals surface area (Å²) in [5.41, 5.74) is 4.18. The smallest absolute Gasteiger partial charge is 0.321 e. The largest absolute Gasteiger partial charge is 0.337 e. The number of aryl methyl sites for hydroxylation is 2. The van der Waals surface area contributed by atoms with Crippen LogP contribution in [0.15, 0.2) is 80.9 Å². The van der Waals surface area contributed by atoms with E-state index in [1.165, 1.54) is 0 Å². The van der Waals surface area contributed by atoms with Crippen LogP contribution in [-0.2, 0) is 23.0 Å². The van der Waals surface area contributed by atoms with Crippen molar-refractivity contribution in [1.29, 1.82) is 0 Å². The number of aromatic nitrogens is 3. The van der Waals surface area contributed by atoms with Crippen molar-refractivity contribution < 1.29 is 17.7 Å². The second kappa shape index (κ2) is 13.8. The number of sulfonamides is 1. The molecule has 0 saturated carbocycles. The first-order valence-corrected chi connectivity index (χ1v) is 17.1. The number of nitrogens with zero attached hydrogens (tertiary/aromatic N) is 4. The minimum absolute atomic E-state index is 0.0179. The lowest BCUT2D eigenvalue weighted by Crippen LogP contribution is -2.36. The third-order valence-electron chi connectivity index (χ3n) is 8.30. The Morgan fingerprint density at radius 2 is 1.77 bits per heavy atom. The molecule has 3 aromatic carbocycles. The van der Waals surface area contributed by atoms with E-state index < -0.39 is 10.0 Å². The van der Waals surface area contributed by atoms with Gasteiger partial charge in [-0.05, 0) is 69.5 Å². The van der Waals surface area contributed by atoms with E-state index in [0.29, 0.717) is 51.2 Å². The van der Waals surface area contributed by atoms with Crippen molar-refractivity contribution in [3.05, 3.63) is 99.7 Å². The molecule has 246 valence electrons. The molecule has 12 heteroatoms. The van der Waals surface area contributed by atoms with E-state index >= 15 is 0 Å². The monoisotopic (exact) mass is 656 g/mol. The van der Waals surface area contributed by atoms with Crippen LogP contribution in [-0.4, -0.2) is 47.1 Å². The molecule has 0 bridgehead atoms. The number of amides is 2. The van der Waals surface area contributed by atoms with Gasteiger partial charge in [-0.2, -0.15) is 0 Å². The molecule has 0 spiro atoms. The second-order valence-electron chi connectivity index (χ2n) is 11.9. The molecule has 0 saturated heterocycles. The Labute approximate surface area is 274 Å². The summed E-state index contributed by atoms with van der Waals surface area (Å²) in [5.74, 6) is 0.767. The van der Waals surface area contributed by atoms with Gasteiger partial charge in [-0.1, -0.05) is 61.0 Å². The van der Waals surface area contributed by atoms with Gasteiger partial charge in [-0.3, -0.25) is 9.36 Å². The van der Waals surface area contributed by atoms with E-state index in [2.05, 4.69) is 22.1 Å². The Hall–Kier alpha value is -4.97. The fourth-order valence-electron chi connectivity index (χ4n) is 5.08. The molecule has 0 aliphatic heterocycles. The molecule has 0 aliphatic rings. The summed E-state index contributed by atoms with van der Waals surface area (Å²) in [6.45, 7) is 9.69. The quantitative estimate of drug-likeness (QED) is 0.161. The molecule has 11 nitrogen and oxygen atoms in total. The van der Waals surface area contributed by atoms with Gasteiger partial charge >= 0.3 is 6.03 Å². The lowest BCUT2D eigenvalue weighted by Gasteiger charge is -2.22. The van der Waals surface area contributed by atoms with Crippen molar-refractivity contribution in [3.63, 3.8) is 0 Å². The van der Waals surface area contributed by atoms with E-state index in [1.807, 2.05) is 38.1 Å². The zero-order chi connectivity index (χ0) is 33.9. The summed E-state index contributed by atoms with van der Waals surface area (Å²) in [7, 11) is -2.27. The first kappa shape index (κ1) is 33.4. The molecule has 0 atom stereocenters. The third-order valence-corrected chi connectivity index (χ3v) is 9.69. The van der Waals surface area contributed by atoms with Crippen LogP contribution in [0.4, 0.5) is 16.4 Å². The highest BCUT2D eigenvalue weighted by molar-refractivity contribution is 7.92. The number of carbonyl (C=O) groups is 1. The molecule has 2 N–H and O–H groups in total. The van der Waals surface area contributed by atoms with Gasteiger partial charge in [0, 0.05) is 36.3 Å². The number of benzene rings is 3. The minimum Gasteiger partial charge on any atom is -0.337 e. The number of nitrogens with one attached hydrogen (secondary N) is 2. The Kier molecular flexibility index (Phi) is 9.80. The van der Waals surface area contributed by atoms with Crippen LogP contribution < -0.4 is 15.6 Å². The van der Waals surface area contributed by atoms with Crippen LogP contribution in [0.1, 0.15) is 56.3 Å². The molecular weight excluding hydrogens is 616 g/mol. The van der Waals surface area contributed by atoms with E-state index in [-0.39, 0.29) is 35.0 Å². The number of urea groups is 1. The molecule has 2 aromatic heterocycles. The lowest BCUT2D eigenvalue weighted by molar-refractivity contribution is 0.211. The van der Waals surface area contributed by atoms with Crippen molar-refractivity contribution in [3.8, 4) is 11.1 Å².